The summed E-state index contributed by atoms with van der Waals surface area (Å²) in [6.45, 7) is 3.91. The van der Waals surface area contributed by atoms with Gasteiger partial charge in [-0.3, -0.25) is 9.52 Å². The van der Waals surface area contributed by atoms with E-state index in [1.165, 1.54) is 12.1 Å². The molecular formula is C19H24ClN3O3S. The third-order valence-electron chi connectivity index (χ3n) is 4.78. The van der Waals surface area contributed by atoms with E-state index in [2.05, 4.69) is 11.6 Å². The van der Waals surface area contributed by atoms with Crippen molar-refractivity contribution in [1.82, 2.24) is 4.90 Å². The molecule has 2 aromatic carbocycles. The molecule has 8 heteroatoms. The molecule has 1 saturated heterocycles. The average molecular weight is 410 g/mol. The highest BCUT2D eigenvalue weighted by atomic mass is 35.5. The lowest BCUT2D eigenvalue weighted by Gasteiger charge is -2.22. The Morgan fingerprint density at radius 2 is 1.78 bits per heavy atom. The quantitative estimate of drug-likeness (QED) is 0.794. The Labute approximate surface area is 166 Å². The van der Waals surface area contributed by atoms with Gasteiger partial charge in [-0.25, -0.2) is 8.42 Å². The molecule has 1 aliphatic heterocycles. The number of amides is 1. The summed E-state index contributed by atoms with van der Waals surface area (Å²) < 4.78 is 27.4. The number of carbonyl (C=O) groups excluding carboxylic acids is 1. The van der Waals surface area contributed by atoms with Crippen molar-refractivity contribution < 1.29 is 13.2 Å². The zero-order valence-corrected chi connectivity index (χ0v) is 16.7. The number of para-hydroxylation sites is 1. The largest absolute Gasteiger partial charge is 0.338 e. The molecule has 3 N–H and O–H groups in total. The number of sulfonamides is 1. The van der Waals surface area contributed by atoms with Crippen molar-refractivity contribution >= 4 is 34.0 Å². The summed E-state index contributed by atoms with van der Waals surface area (Å²) in [5.74, 6) is -0.0952. The normalized spacial score (nSPS) is 19.4. The SMILES string of the molecule is CC1(CN)CCN(C(=O)c2ccc(S(=O)(=O)Nc3ccccc3)cc2)C1.Cl. The minimum atomic E-state index is -3.69. The number of halogens is 1. The van der Waals surface area contributed by atoms with E-state index in [4.69, 9.17) is 5.73 Å². The molecule has 1 aliphatic rings. The Morgan fingerprint density at radius 1 is 1.15 bits per heavy atom. The van der Waals surface area contributed by atoms with Gasteiger partial charge >= 0.3 is 0 Å². The predicted molar refractivity (Wildman–Crippen MR) is 109 cm³/mol. The topological polar surface area (TPSA) is 92.5 Å². The molecule has 0 spiro atoms. The first kappa shape index (κ1) is 21.2. The van der Waals surface area contributed by atoms with Gasteiger partial charge in [0.2, 0.25) is 0 Å². The zero-order chi connectivity index (χ0) is 18.8. The second-order valence-electron chi connectivity index (χ2n) is 6.99. The number of nitrogens with zero attached hydrogens (tertiary/aromatic N) is 1. The van der Waals surface area contributed by atoms with E-state index < -0.39 is 10.0 Å². The van der Waals surface area contributed by atoms with Gasteiger partial charge in [0.15, 0.2) is 0 Å². The summed E-state index contributed by atoms with van der Waals surface area (Å²) in [7, 11) is -3.69. The first-order chi connectivity index (χ1) is 12.3. The van der Waals surface area contributed by atoms with Crippen molar-refractivity contribution in [2.45, 2.75) is 18.2 Å². The zero-order valence-electron chi connectivity index (χ0n) is 15.1. The maximum Gasteiger partial charge on any atom is 0.261 e. The van der Waals surface area contributed by atoms with Crippen LogP contribution in [0.3, 0.4) is 0 Å². The van der Waals surface area contributed by atoms with Gasteiger partial charge in [-0.2, -0.15) is 0 Å². The number of hydrogen-bond acceptors (Lipinski definition) is 4. The minimum absolute atomic E-state index is 0. The second-order valence-corrected chi connectivity index (χ2v) is 8.67. The Hall–Kier alpha value is -2.09. The monoisotopic (exact) mass is 409 g/mol. The fourth-order valence-corrected chi connectivity index (χ4v) is 4.10. The van der Waals surface area contributed by atoms with Crippen LogP contribution < -0.4 is 10.5 Å². The number of nitrogens with two attached hydrogens (primary N) is 1. The lowest BCUT2D eigenvalue weighted by Crippen LogP contribution is -2.34. The molecular weight excluding hydrogens is 386 g/mol. The van der Waals surface area contributed by atoms with Gasteiger partial charge in [-0.15, -0.1) is 12.4 Å². The molecule has 3 rings (SSSR count). The molecule has 0 aliphatic carbocycles. The van der Waals surface area contributed by atoms with E-state index in [1.807, 2.05) is 6.07 Å². The van der Waals surface area contributed by atoms with Crippen LogP contribution in [0.25, 0.3) is 0 Å². The molecule has 1 fully saturated rings. The van der Waals surface area contributed by atoms with Crippen LogP contribution >= 0.6 is 12.4 Å². The predicted octanol–water partition coefficient (Wildman–Crippen LogP) is 2.72. The molecule has 0 radical (unpaired) electrons. The van der Waals surface area contributed by atoms with Gasteiger partial charge < -0.3 is 10.6 Å². The fraction of sp³-hybridized carbons (Fsp3) is 0.316. The third-order valence-corrected chi connectivity index (χ3v) is 6.17. The lowest BCUT2D eigenvalue weighted by atomic mass is 9.90. The average Bonchev–Trinajstić information content (AvgIpc) is 3.05. The van der Waals surface area contributed by atoms with Crippen LogP contribution in [0, 0.1) is 5.41 Å². The second kappa shape index (κ2) is 8.29. The Kier molecular flexibility index (Phi) is 6.51. The summed E-state index contributed by atoms with van der Waals surface area (Å²) in [5.41, 5.74) is 6.71. The third kappa shape index (κ3) is 4.80. The summed E-state index contributed by atoms with van der Waals surface area (Å²) in [6.07, 6.45) is 0.878. The lowest BCUT2D eigenvalue weighted by molar-refractivity contribution is 0.0777. The van der Waals surface area contributed by atoms with E-state index in [9.17, 15) is 13.2 Å². The van der Waals surface area contributed by atoms with E-state index in [0.29, 0.717) is 30.9 Å². The number of anilines is 1. The summed E-state index contributed by atoms with van der Waals surface area (Å²) in [4.78, 5) is 14.5. The van der Waals surface area contributed by atoms with Crippen LogP contribution in [0.2, 0.25) is 0 Å². The Bertz CT molecular complexity index is 888. The van der Waals surface area contributed by atoms with Gasteiger partial charge in [0, 0.05) is 24.3 Å². The van der Waals surface area contributed by atoms with Gasteiger partial charge in [0.1, 0.15) is 0 Å². The van der Waals surface area contributed by atoms with Crippen LogP contribution in [0.1, 0.15) is 23.7 Å². The van der Waals surface area contributed by atoms with Crippen LogP contribution in [-0.4, -0.2) is 38.9 Å². The van der Waals surface area contributed by atoms with Crippen molar-refractivity contribution in [2.24, 2.45) is 11.1 Å². The summed E-state index contributed by atoms with van der Waals surface area (Å²) >= 11 is 0. The molecule has 1 heterocycles. The first-order valence-electron chi connectivity index (χ1n) is 8.50. The first-order valence-corrected chi connectivity index (χ1v) is 9.99. The van der Waals surface area contributed by atoms with Crippen LogP contribution in [-0.2, 0) is 10.0 Å². The smallest absolute Gasteiger partial charge is 0.261 e. The van der Waals surface area contributed by atoms with Crippen LogP contribution in [0.4, 0.5) is 5.69 Å². The molecule has 146 valence electrons. The number of nitrogens with one attached hydrogen (secondary N) is 1. The van der Waals surface area contributed by atoms with E-state index in [1.54, 1.807) is 41.3 Å². The highest BCUT2D eigenvalue weighted by molar-refractivity contribution is 7.92. The molecule has 1 atom stereocenters. The van der Waals surface area contributed by atoms with Crippen molar-refractivity contribution in [2.75, 3.05) is 24.4 Å². The van der Waals surface area contributed by atoms with Crippen molar-refractivity contribution in [3.63, 3.8) is 0 Å². The number of rotatable bonds is 5. The van der Waals surface area contributed by atoms with Crippen molar-refractivity contribution in [1.29, 1.82) is 0 Å². The van der Waals surface area contributed by atoms with Gasteiger partial charge in [-0.1, -0.05) is 25.1 Å². The molecule has 27 heavy (non-hydrogen) atoms. The highest BCUT2D eigenvalue weighted by Gasteiger charge is 2.35. The number of benzene rings is 2. The number of likely N-dealkylation sites (tertiary alicyclic amines) is 1. The fourth-order valence-electron chi connectivity index (χ4n) is 3.04. The summed E-state index contributed by atoms with van der Waals surface area (Å²) in [6, 6.07) is 14.7. The minimum Gasteiger partial charge on any atom is -0.338 e. The molecule has 2 aromatic rings. The number of hydrogen-bond donors (Lipinski definition) is 2. The van der Waals surface area contributed by atoms with E-state index >= 15 is 0 Å². The highest BCUT2D eigenvalue weighted by Crippen LogP contribution is 2.29. The molecule has 6 nitrogen and oxygen atoms in total. The summed E-state index contributed by atoms with van der Waals surface area (Å²) in [5, 5.41) is 0. The Morgan fingerprint density at radius 3 is 2.33 bits per heavy atom. The molecule has 1 unspecified atom stereocenters. The molecule has 0 saturated carbocycles. The van der Waals surface area contributed by atoms with Gasteiger partial charge in [0.05, 0.1) is 4.90 Å². The van der Waals surface area contributed by atoms with Crippen molar-refractivity contribution in [3.8, 4) is 0 Å². The van der Waals surface area contributed by atoms with E-state index in [-0.39, 0.29) is 28.6 Å². The molecule has 1 amide bonds. The number of carbonyl (C=O) groups is 1. The standard InChI is InChI=1S/C19H23N3O3S.ClH/c1-19(13-20)11-12-22(14-19)18(23)15-7-9-17(10-8-15)26(24,25)21-16-5-3-2-4-6-16;/h2-10,21H,11-14,20H2,1H3;1H. The van der Waals surface area contributed by atoms with Crippen LogP contribution in [0.15, 0.2) is 59.5 Å². The Balaban J connectivity index is 0.00000261. The molecule has 0 bridgehead atoms. The maximum absolute atomic E-state index is 12.6. The van der Waals surface area contributed by atoms with Gasteiger partial charge in [0.25, 0.3) is 15.9 Å². The van der Waals surface area contributed by atoms with Gasteiger partial charge in [-0.05, 0) is 54.8 Å². The van der Waals surface area contributed by atoms with Crippen LogP contribution in [0.5, 0.6) is 0 Å². The molecule has 0 aromatic heterocycles. The van der Waals surface area contributed by atoms with Crippen molar-refractivity contribution in [3.05, 3.63) is 60.2 Å². The maximum atomic E-state index is 12.6. The van der Waals surface area contributed by atoms with E-state index in [0.717, 1.165) is 6.42 Å².